The Kier molecular flexibility index (Phi) is 5.99. The van der Waals surface area contributed by atoms with Gasteiger partial charge in [0, 0.05) is 30.9 Å². The van der Waals surface area contributed by atoms with Crippen molar-refractivity contribution in [2.45, 2.75) is 19.6 Å². The fourth-order valence-electron chi connectivity index (χ4n) is 3.41. The van der Waals surface area contributed by atoms with Gasteiger partial charge in [0.1, 0.15) is 18.1 Å². The fourth-order valence-corrected chi connectivity index (χ4v) is 3.41. The summed E-state index contributed by atoms with van der Waals surface area (Å²) in [4.78, 5) is 18.4. The molecule has 1 saturated heterocycles. The Morgan fingerprint density at radius 2 is 2.10 bits per heavy atom. The summed E-state index contributed by atoms with van der Waals surface area (Å²) in [5, 5.41) is 2.55. The van der Waals surface area contributed by atoms with Crippen molar-refractivity contribution in [1.82, 2.24) is 15.2 Å². The van der Waals surface area contributed by atoms with Gasteiger partial charge in [-0.3, -0.25) is 9.69 Å². The van der Waals surface area contributed by atoms with Gasteiger partial charge < -0.3 is 19.2 Å². The number of benzene rings is 1. The SMILES string of the molecule is CNC(=O)c1ccc(COc2ccc(-c3cccnc3OC)cc2CN2CCC2)o1. The molecule has 0 unspecified atom stereocenters. The molecule has 1 N–H and O–H groups in total. The Morgan fingerprint density at radius 1 is 1.23 bits per heavy atom. The molecule has 1 amide bonds. The highest BCUT2D eigenvalue weighted by Gasteiger charge is 2.18. The summed E-state index contributed by atoms with van der Waals surface area (Å²) in [5.74, 6) is 2.01. The van der Waals surface area contributed by atoms with Crippen molar-refractivity contribution in [3.8, 4) is 22.8 Å². The van der Waals surface area contributed by atoms with Crippen molar-refractivity contribution in [3.63, 3.8) is 0 Å². The van der Waals surface area contributed by atoms with Gasteiger partial charge in [-0.05, 0) is 61.5 Å². The Balaban J connectivity index is 1.57. The van der Waals surface area contributed by atoms with Gasteiger partial charge in [0.25, 0.3) is 5.91 Å². The molecule has 156 valence electrons. The number of carbonyl (C=O) groups is 1. The highest BCUT2D eigenvalue weighted by molar-refractivity contribution is 5.91. The number of nitrogens with zero attached hydrogens (tertiary/aromatic N) is 2. The van der Waals surface area contributed by atoms with E-state index in [0.29, 0.717) is 11.6 Å². The molecule has 0 bridgehead atoms. The molecule has 0 atom stereocenters. The van der Waals surface area contributed by atoms with Crippen LogP contribution in [0.15, 0.2) is 53.1 Å². The third-order valence-electron chi connectivity index (χ3n) is 5.16. The number of ether oxygens (including phenoxy) is 2. The monoisotopic (exact) mass is 407 g/mol. The quantitative estimate of drug-likeness (QED) is 0.616. The van der Waals surface area contributed by atoms with Crippen LogP contribution in [0.5, 0.6) is 11.6 Å². The van der Waals surface area contributed by atoms with Gasteiger partial charge in [-0.1, -0.05) is 6.07 Å². The van der Waals surface area contributed by atoms with Gasteiger partial charge in [-0.2, -0.15) is 0 Å². The number of rotatable bonds is 8. The first-order valence-electron chi connectivity index (χ1n) is 9.96. The lowest BCUT2D eigenvalue weighted by Crippen LogP contribution is -2.36. The van der Waals surface area contributed by atoms with E-state index in [9.17, 15) is 4.79 Å². The number of hydrogen-bond donors (Lipinski definition) is 1. The second-order valence-electron chi connectivity index (χ2n) is 7.15. The van der Waals surface area contributed by atoms with E-state index in [0.717, 1.165) is 42.1 Å². The molecular formula is C23H25N3O4. The molecule has 4 rings (SSSR count). The zero-order valence-electron chi connectivity index (χ0n) is 17.2. The predicted octanol–water partition coefficient (Wildman–Crippen LogP) is 3.49. The van der Waals surface area contributed by atoms with E-state index >= 15 is 0 Å². The van der Waals surface area contributed by atoms with Crippen LogP contribution in [-0.4, -0.2) is 43.0 Å². The number of carbonyl (C=O) groups excluding carboxylic acids is 1. The van der Waals surface area contributed by atoms with Crippen LogP contribution in [0.25, 0.3) is 11.1 Å². The molecule has 1 aromatic carbocycles. The average Bonchev–Trinajstić information content (AvgIpc) is 3.23. The second-order valence-corrected chi connectivity index (χ2v) is 7.15. The summed E-state index contributed by atoms with van der Waals surface area (Å²) in [6, 6.07) is 13.4. The lowest BCUT2D eigenvalue weighted by molar-refractivity contribution is 0.0931. The van der Waals surface area contributed by atoms with E-state index in [-0.39, 0.29) is 18.3 Å². The van der Waals surface area contributed by atoms with E-state index in [4.69, 9.17) is 13.9 Å². The minimum Gasteiger partial charge on any atom is -0.485 e. The minimum absolute atomic E-state index is 0.250. The van der Waals surface area contributed by atoms with Crippen LogP contribution in [0.4, 0.5) is 0 Å². The summed E-state index contributed by atoms with van der Waals surface area (Å²) in [6.45, 7) is 3.24. The van der Waals surface area contributed by atoms with Gasteiger partial charge in [0.05, 0.1) is 7.11 Å². The molecule has 0 radical (unpaired) electrons. The number of aromatic nitrogens is 1. The lowest BCUT2D eigenvalue weighted by Gasteiger charge is -2.31. The number of likely N-dealkylation sites (tertiary alicyclic amines) is 1. The van der Waals surface area contributed by atoms with Crippen LogP contribution in [0.1, 0.15) is 28.3 Å². The molecule has 1 fully saturated rings. The van der Waals surface area contributed by atoms with Crippen LogP contribution in [-0.2, 0) is 13.2 Å². The largest absolute Gasteiger partial charge is 0.485 e. The van der Waals surface area contributed by atoms with Crippen molar-refractivity contribution in [2.24, 2.45) is 0 Å². The molecule has 1 aliphatic heterocycles. The maximum atomic E-state index is 11.7. The van der Waals surface area contributed by atoms with Gasteiger partial charge in [0.15, 0.2) is 5.76 Å². The van der Waals surface area contributed by atoms with Crippen LogP contribution in [0, 0.1) is 0 Å². The number of pyridine rings is 1. The van der Waals surface area contributed by atoms with Crippen LogP contribution in [0.3, 0.4) is 0 Å². The summed E-state index contributed by atoms with van der Waals surface area (Å²) in [7, 11) is 3.20. The molecule has 0 aliphatic carbocycles. The summed E-state index contributed by atoms with van der Waals surface area (Å²) >= 11 is 0. The highest BCUT2D eigenvalue weighted by atomic mass is 16.5. The summed E-state index contributed by atoms with van der Waals surface area (Å²) < 4.78 is 17.1. The highest BCUT2D eigenvalue weighted by Crippen LogP contribution is 2.33. The maximum absolute atomic E-state index is 11.7. The van der Waals surface area contributed by atoms with E-state index in [1.807, 2.05) is 24.3 Å². The molecule has 7 heteroatoms. The van der Waals surface area contributed by atoms with Crippen molar-refractivity contribution in [1.29, 1.82) is 0 Å². The molecule has 0 spiro atoms. The summed E-state index contributed by atoms with van der Waals surface area (Å²) in [6.07, 6.45) is 2.94. The topological polar surface area (TPSA) is 76.8 Å². The number of hydrogen-bond acceptors (Lipinski definition) is 6. The van der Waals surface area contributed by atoms with Crippen LogP contribution >= 0.6 is 0 Å². The lowest BCUT2D eigenvalue weighted by atomic mass is 10.0. The molecule has 2 aromatic heterocycles. The van der Waals surface area contributed by atoms with Crippen LogP contribution in [0.2, 0.25) is 0 Å². The maximum Gasteiger partial charge on any atom is 0.286 e. The Bertz CT molecular complexity index is 1030. The van der Waals surface area contributed by atoms with Crippen molar-refractivity contribution in [3.05, 3.63) is 65.7 Å². The molecule has 7 nitrogen and oxygen atoms in total. The van der Waals surface area contributed by atoms with Crippen molar-refractivity contribution < 1.29 is 18.7 Å². The van der Waals surface area contributed by atoms with Gasteiger partial charge in [-0.25, -0.2) is 4.98 Å². The number of methoxy groups -OCH3 is 1. The van der Waals surface area contributed by atoms with Gasteiger partial charge in [0.2, 0.25) is 5.88 Å². The smallest absolute Gasteiger partial charge is 0.286 e. The molecule has 30 heavy (non-hydrogen) atoms. The first-order chi connectivity index (χ1) is 14.7. The third-order valence-corrected chi connectivity index (χ3v) is 5.16. The second kappa shape index (κ2) is 9.00. The van der Waals surface area contributed by atoms with E-state index in [1.54, 1.807) is 32.5 Å². The first-order valence-corrected chi connectivity index (χ1v) is 9.96. The minimum atomic E-state index is -0.255. The Labute approximate surface area is 175 Å². The number of furan rings is 1. The molecule has 3 aromatic rings. The zero-order chi connectivity index (χ0) is 20.9. The van der Waals surface area contributed by atoms with Gasteiger partial charge in [-0.15, -0.1) is 0 Å². The van der Waals surface area contributed by atoms with Gasteiger partial charge >= 0.3 is 0 Å². The molecule has 0 saturated carbocycles. The average molecular weight is 407 g/mol. The van der Waals surface area contributed by atoms with Crippen LogP contribution < -0.4 is 14.8 Å². The molecular weight excluding hydrogens is 382 g/mol. The van der Waals surface area contributed by atoms with Crippen molar-refractivity contribution >= 4 is 5.91 Å². The number of amides is 1. The third kappa shape index (κ3) is 4.31. The zero-order valence-corrected chi connectivity index (χ0v) is 17.2. The first kappa shape index (κ1) is 20.0. The van der Waals surface area contributed by atoms with E-state index in [1.165, 1.54) is 6.42 Å². The van der Waals surface area contributed by atoms with Crippen molar-refractivity contribution in [2.75, 3.05) is 27.2 Å². The molecule has 1 aliphatic rings. The standard InChI is InChI=1S/C23H25N3O4/c1-24-22(27)21-9-7-18(30-21)15-29-20-8-6-16(13-17(20)14-26-11-4-12-26)19-5-3-10-25-23(19)28-2/h3,5-10,13H,4,11-12,14-15H2,1-2H3,(H,24,27). The summed E-state index contributed by atoms with van der Waals surface area (Å²) in [5.41, 5.74) is 3.07. The Hall–Kier alpha value is -3.32. The van der Waals surface area contributed by atoms with E-state index < -0.39 is 0 Å². The Morgan fingerprint density at radius 3 is 2.83 bits per heavy atom. The predicted molar refractivity (Wildman–Crippen MR) is 113 cm³/mol. The number of nitrogens with one attached hydrogen (secondary N) is 1. The fraction of sp³-hybridized carbons (Fsp3) is 0.304. The van der Waals surface area contributed by atoms with E-state index in [2.05, 4.69) is 21.3 Å². The normalized spacial score (nSPS) is 13.5. The molecule has 3 heterocycles.